The Morgan fingerprint density at radius 1 is 1.42 bits per heavy atom. The van der Waals surface area contributed by atoms with Gasteiger partial charge >= 0.3 is 6.09 Å². The van der Waals surface area contributed by atoms with Crippen molar-refractivity contribution in [2.45, 2.75) is 25.2 Å². The van der Waals surface area contributed by atoms with Crippen LogP contribution in [0.1, 0.15) is 12.0 Å². The number of β-amino-alcohol motifs (C(OH)–C–C–N with tert-alkyl or cyclic N) is 1. The number of halogens is 1. The SMILES string of the molecule is Cl.O=C(N[C@H]1CCNC[C@@H]1O)OCc1ccccc1. The summed E-state index contributed by atoms with van der Waals surface area (Å²) < 4.78 is 5.10. The van der Waals surface area contributed by atoms with Gasteiger partial charge in [-0.15, -0.1) is 12.4 Å². The van der Waals surface area contributed by atoms with Gasteiger partial charge in [-0.2, -0.15) is 0 Å². The van der Waals surface area contributed by atoms with Gasteiger partial charge in [0.05, 0.1) is 12.1 Å². The maximum absolute atomic E-state index is 11.6. The van der Waals surface area contributed by atoms with Crippen LogP contribution in [0.4, 0.5) is 4.79 Å². The molecule has 0 saturated carbocycles. The largest absolute Gasteiger partial charge is 0.445 e. The van der Waals surface area contributed by atoms with E-state index in [-0.39, 0.29) is 25.1 Å². The highest BCUT2D eigenvalue weighted by molar-refractivity contribution is 5.85. The van der Waals surface area contributed by atoms with Crippen LogP contribution in [-0.2, 0) is 11.3 Å². The second-order valence-corrected chi connectivity index (χ2v) is 4.37. The lowest BCUT2D eigenvalue weighted by molar-refractivity contribution is 0.0864. The van der Waals surface area contributed by atoms with E-state index in [2.05, 4.69) is 10.6 Å². The molecule has 1 amide bonds. The summed E-state index contributed by atoms with van der Waals surface area (Å²) in [6, 6.07) is 9.27. The van der Waals surface area contributed by atoms with E-state index >= 15 is 0 Å². The topological polar surface area (TPSA) is 70.6 Å². The number of piperidine rings is 1. The van der Waals surface area contributed by atoms with E-state index in [9.17, 15) is 9.90 Å². The Bertz CT molecular complexity index is 389. The van der Waals surface area contributed by atoms with Crippen LogP contribution in [0, 0.1) is 0 Å². The van der Waals surface area contributed by atoms with Crippen LogP contribution in [0.2, 0.25) is 0 Å². The molecule has 0 aromatic heterocycles. The van der Waals surface area contributed by atoms with Crippen molar-refractivity contribution in [3.05, 3.63) is 35.9 Å². The minimum atomic E-state index is -0.553. The monoisotopic (exact) mass is 286 g/mol. The summed E-state index contributed by atoms with van der Waals surface area (Å²) in [5.41, 5.74) is 0.943. The highest BCUT2D eigenvalue weighted by Crippen LogP contribution is 2.05. The lowest BCUT2D eigenvalue weighted by Crippen LogP contribution is -2.52. The van der Waals surface area contributed by atoms with Gasteiger partial charge in [-0.3, -0.25) is 0 Å². The first-order valence-electron chi connectivity index (χ1n) is 6.11. The fraction of sp³-hybridized carbons (Fsp3) is 0.462. The lowest BCUT2D eigenvalue weighted by atomic mass is 10.0. The molecule has 0 bridgehead atoms. The zero-order valence-corrected chi connectivity index (χ0v) is 11.4. The van der Waals surface area contributed by atoms with Crippen LogP contribution in [-0.4, -0.2) is 36.4 Å². The molecule has 6 heteroatoms. The number of carbonyl (C=O) groups excluding carboxylic acids is 1. The molecule has 19 heavy (non-hydrogen) atoms. The molecule has 1 aromatic rings. The quantitative estimate of drug-likeness (QED) is 0.777. The van der Waals surface area contributed by atoms with Gasteiger partial charge < -0.3 is 20.5 Å². The molecule has 3 N–H and O–H groups in total. The van der Waals surface area contributed by atoms with Gasteiger partial charge in [-0.05, 0) is 18.5 Å². The third-order valence-corrected chi connectivity index (χ3v) is 2.97. The van der Waals surface area contributed by atoms with Crippen molar-refractivity contribution in [1.29, 1.82) is 0 Å². The highest BCUT2D eigenvalue weighted by atomic mass is 35.5. The van der Waals surface area contributed by atoms with Crippen molar-refractivity contribution in [2.75, 3.05) is 13.1 Å². The van der Waals surface area contributed by atoms with Gasteiger partial charge in [0.25, 0.3) is 0 Å². The number of amides is 1. The number of nitrogens with one attached hydrogen (secondary N) is 2. The summed E-state index contributed by atoms with van der Waals surface area (Å²) in [6.07, 6.45) is -0.324. The summed E-state index contributed by atoms with van der Waals surface area (Å²) in [5, 5.41) is 15.4. The smallest absolute Gasteiger partial charge is 0.407 e. The van der Waals surface area contributed by atoms with E-state index < -0.39 is 12.2 Å². The number of aliphatic hydroxyl groups excluding tert-OH is 1. The molecular formula is C13H19ClN2O3. The molecule has 0 spiro atoms. The molecule has 106 valence electrons. The molecule has 1 aromatic carbocycles. The van der Waals surface area contributed by atoms with E-state index in [1.807, 2.05) is 30.3 Å². The van der Waals surface area contributed by atoms with Gasteiger partial charge in [0, 0.05) is 6.54 Å². The second kappa shape index (κ2) is 7.99. The van der Waals surface area contributed by atoms with Gasteiger partial charge in [0.1, 0.15) is 6.61 Å². The molecule has 0 radical (unpaired) electrons. The van der Waals surface area contributed by atoms with E-state index in [1.54, 1.807) is 0 Å². The average Bonchev–Trinajstić information content (AvgIpc) is 2.40. The summed E-state index contributed by atoms with van der Waals surface area (Å²) in [4.78, 5) is 11.6. The zero-order chi connectivity index (χ0) is 12.8. The van der Waals surface area contributed by atoms with Crippen molar-refractivity contribution in [1.82, 2.24) is 10.6 Å². The van der Waals surface area contributed by atoms with E-state index in [1.165, 1.54) is 0 Å². The van der Waals surface area contributed by atoms with Gasteiger partial charge in [-0.1, -0.05) is 30.3 Å². The van der Waals surface area contributed by atoms with Crippen LogP contribution in [0.3, 0.4) is 0 Å². The summed E-state index contributed by atoms with van der Waals surface area (Å²) >= 11 is 0. The van der Waals surface area contributed by atoms with Crippen LogP contribution in [0.25, 0.3) is 0 Å². The van der Waals surface area contributed by atoms with Crippen LogP contribution in [0.5, 0.6) is 0 Å². The third kappa shape index (κ3) is 5.06. The Morgan fingerprint density at radius 3 is 2.84 bits per heavy atom. The van der Waals surface area contributed by atoms with E-state index in [0.29, 0.717) is 13.0 Å². The highest BCUT2D eigenvalue weighted by Gasteiger charge is 2.24. The number of hydrogen-bond acceptors (Lipinski definition) is 4. The number of hydrogen-bond donors (Lipinski definition) is 3. The van der Waals surface area contributed by atoms with Crippen molar-refractivity contribution >= 4 is 18.5 Å². The minimum Gasteiger partial charge on any atom is -0.445 e. The van der Waals surface area contributed by atoms with Crippen LogP contribution < -0.4 is 10.6 Å². The number of alkyl carbamates (subject to hydrolysis) is 1. The minimum absolute atomic E-state index is 0. The average molecular weight is 287 g/mol. The lowest BCUT2D eigenvalue weighted by Gasteiger charge is -2.28. The molecule has 1 saturated heterocycles. The van der Waals surface area contributed by atoms with Crippen molar-refractivity contribution in [3.63, 3.8) is 0 Å². The predicted octanol–water partition coefficient (Wildman–Crippen LogP) is 1.06. The predicted molar refractivity (Wildman–Crippen MR) is 74.3 cm³/mol. The van der Waals surface area contributed by atoms with Gasteiger partial charge in [0.2, 0.25) is 0 Å². The van der Waals surface area contributed by atoms with Crippen molar-refractivity contribution < 1.29 is 14.6 Å². The summed E-state index contributed by atoms with van der Waals surface area (Å²) in [5.74, 6) is 0. The maximum atomic E-state index is 11.6. The first-order valence-corrected chi connectivity index (χ1v) is 6.11. The van der Waals surface area contributed by atoms with Gasteiger partial charge in [-0.25, -0.2) is 4.79 Å². The maximum Gasteiger partial charge on any atom is 0.407 e. The Morgan fingerprint density at radius 2 is 2.16 bits per heavy atom. The number of ether oxygens (including phenoxy) is 1. The van der Waals surface area contributed by atoms with Crippen LogP contribution in [0.15, 0.2) is 30.3 Å². The van der Waals surface area contributed by atoms with E-state index in [4.69, 9.17) is 4.74 Å². The summed E-state index contributed by atoms with van der Waals surface area (Å²) in [6.45, 7) is 1.54. The first-order chi connectivity index (χ1) is 8.75. The first kappa shape index (κ1) is 15.8. The molecule has 0 aliphatic carbocycles. The van der Waals surface area contributed by atoms with Crippen molar-refractivity contribution in [2.24, 2.45) is 0 Å². The molecule has 2 rings (SSSR count). The Hall–Kier alpha value is -1.30. The number of benzene rings is 1. The normalized spacial score (nSPS) is 22.2. The molecule has 0 unspecified atom stereocenters. The zero-order valence-electron chi connectivity index (χ0n) is 10.5. The molecule has 1 aliphatic rings. The summed E-state index contributed by atoms with van der Waals surface area (Å²) in [7, 11) is 0. The van der Waals surface area contributed by atoms with Crippen molar-refractivity contribution in [3.8, 4) is 0 Å². The fourth-order valence-electron chi connectivity index (χ4n) is 1.93. The second-order valence-electron chi connectivity index (χ2n) is 4.37. The molecular weight excluding hydrogens is 268 g/mol. The Balaban J connectivity index is 0.00000180. The standard InChI is InChI=1S/C13H18N2O3.ClH/c16-12-8-14-7-6-11(12)15-13(17)18-9-10-4-2-1-3-5-10;/h1-5,11-12,14,16H,6-9H2,(H,15,17);1H/t11-,12-;/m0./s1. The molecule has 1 heterocycles. The molecule has 2 atom stereocenters. The third-order valence-electron chi connectivity index (χ3n) is 2.97. The molecule has 1 aliphatic heterocycles. The number of carbonyl (C=O) groups is 1. The molecule has 5 nitrogen and oxygen atoms in total. The number of rotatable bonds is 3. The number of aliphatic hydroxyl groups is 1. The Kier molecular flexibility index (Phi) is 6.62. The van der Waals surface area contributed by atoms with Crippen LogP contribution >= 0.6 is 12.4 Å². The van der Waals surface area contributed by atoms with Gasteiger partial charge in [0.15, 0.2) is 0 Å². The Labute approximate surface area is 118 Å². The fourth-order valence-corrected chi connectivity index (χ4v) is 1.93. The van der Waals surface area contributed by atoms with E-state index in [0.717, 1.165) is 12.1 Å². The molecule has 1 fully saturated rings.